The minimum absolute atomic E-state index is 0.0851. The van der Waals surface area contributed by atoms with Crippen molar-refractivity contribution in [2.75, 3.05) is 11.9 Å². The molecule has 4 aromatic rings. The predicted octanol–water partition coefficient (Wildman–Crippen LogP) is 4.94. The highest BCUT2D eigenvalue weighted by Crippen LogP contribution is 2.39. The summed E-state index contributed by atoms with van der Waals surface area (Å²) in [7, 11) is 0. The minimum Gasteiger partial charge on any atom is -0.351 e. The molecule has 1 aliphatic carbocycles. The van der Waals surface area contributed by atoms with Crippen LogP contribution in [0.25, 0.3) is 17.1 Å². The Balaban J connectivity index is 1.25. The molecular formula is C26H23FN6O. The first-order chi connectivity index (χ1) is 16.5. The van der Waals surface area contributed by atoms with Gasteiger partial charge < -0.3 is 15.2 Å². The van der Waals surface area contributed by atoms with E-state index in [0.717, 1.165) is 22.5 Å². The highest BCUT2D eigenvalue weighted by atomic mass is 19.1. The van der Waals surface area contributed by atoms with Crippen LogP contribution in [-0.4, -0.2) is 32.0 Å². The number of anilines is 2. The van der Waals surface area contributed by atoms with Crippen molar-refractivity contribution < 1.29 is 9.18 Å². The Morgan fingerprint density at radius 2 is 1.94 bits per heavy atom. The fourth-order valence-corrected chi connectivity index (χ4v) is 4.29. The van der Waals surface area contributed by atoms with Gasteiger partial charge >= 0.3 is 0 Å². The standard InChI is InChI=1S/C26H23FN6O/c1-15-11-29-26(34)20-9-6-18(10-21(15)20)31-25-22(27)12-28-24(32-25)17-4-7-19(8-5-17)33-13-23(30-14-33)16-2-3-16/h4-10,12-16H,2-3,11H2,1H3,(H,29,34)(H,28,31,32). The molecule has 8 heteroatoms. The number of benzene rings is 2. The summed E-state index contributed by atoms with van der Waals surface area (Å²) in [5, 5.41) is 5.92. The summed E-state index contributed by atoms with van der Waals surface area (Å²) in [4.78, 5) is 25.2. The van der Waals surface area contributed by atoms with Crippen LogP contribution >= 0.6 is 0 Å². The lowest BCUT2D eigenvalue weighted by Gasteiger charge is -2.23. The number of rotatable bonds is 5. The summed E-state index contributed by atoms with van der Waals surface area (Å²) in [6.45, 7) is 2.63. The van der Waals surface area contributed by atoms with E-state index in [1.54, 1.807) is 12.1 Å². The number of carbonyl (C=O) groups is 1. The fraction of sp³-hybridized carbons (Fsp3) is 0.231. The number of fused-ring (bicyclic) bond motifs is 1. The molecule has 170 valence electrons. The Morgan fingerprint density at radius 3 is 2.74 bits per heavy atom. The van der Waals surface area contributed by atoms with Crippen LogP contribution in [0.1, 0.15) is 53.2 Å². The lowest BCUT2D eigenvalue weighted by molar-refractivity contribution is 0.0941. The maximum Gasteiger partial charge on any atom is 0.251 e. The molecule has 1 amide bonds. The number of hydrogen-bond donors (Lipinski definition) is 2. The maximum atomic E-state index is 14.5. The van der Waals surface area contributed by atoms with Crippen molar-refractivity contribution >= 4 is 17.4 Å². The highest BCUT2D eigenvalue weighted by Gasteiger charge is 2.26. The van der Waals surface area contributed by atoms with Gasteiger partial charge in [0.1, 0.15) is 0 Å². The van der Waals surface area contributed by atoms with Gasteiger partial charge in [-0.1, -0.05) is 6.92 Å². The zero-order chi connectivity index (χ0) is 23.2. The number of aromatic nitrogens is 4. The zero-order valence-electron chi connectivity index (χ0n) is 18.6. The van der Waals surface area contributed by atoms with Crippen LogP contribution in [0.4, 0.5) is 15.9 Å². The summed E-state index contributed by atoms with van der Waals surface area (Å²) in [6, 6.07) is 13.2. The second-order valence-electron chi connectivity index (χ2n) is 8.96. The monoisotopic (exact) mass is 454 g/mol. The second-order valence-corrected chi connectivity index (χ2v) is 8.96. The normalized spacial score (nSPS) is 17.2. The zero-order valence-corrected chi connectivity index (χ0v) is 18.6. The molecule has 1 saturated carbocycles. The van der Waals surface area contributed by atoms with E-state index in [-0.39, 0.29) is 17.6 Å². The third kappa shape index (κ3) is 3.81. The third-order valence-electron chi connectivity index (χ3n) is 6.42. The van der Waals surface area contributed by atoms with Crippen molar-refractivity contribution in [3.05, 3.63) is 83.8 Å². The predicted molar refractivity (Wildman–Crippen MR) is 127 cm³/mol. The first kappa shape index (κ1) is 20.5. The summed E-state index contributed by atoms with van der Waals surface area (Å²) in [5.74, 6) is 0.660. The van der Waals surface area contributed by atoms with Crippen molar-refractivity contribution in [2.45, 2.75) is 31.6 Å². The van der Waals surface area contributed by atoms with Gasteiger partial charge in [-0.15, -0.1) is 0 Å². The van der Waals surface area contributed by atoms with Crippen molar-refractivity contribution in [3.8, 4) is 17.1 Å². The van der Waals surface area contributed by atoms with Gasteiger partial charge in [-0.05, 0) is 66.8 Å². The molecule has 0 saturated heterocycles. The number of carbonyl (C=O) groups excluding carboxylic acids is 1. The lowest BCUT2D eigenvalue weighted by Crippen LogP contribution is -2.33. The Labute approximate surface area is 196 Å². The Hall–Kier alpha value is -4.07. The Morgan fingerprint density at radius 1 is 1.12 bits per heavy atom. The summed E-state index contributed by atoms with van der Waals surface area (Å²) in [6.07, 6.45) is 7.52. The summed E-state index contributed by atoms with van der Waals surface area (Å²) >= 11 is 0. The van der Waals surface area contributed by atoms with E-state index in [1.165, 1.54) is 19.0 Å². The number of nitrogens with one attached hydrogen (secondary N) is 2. The molecule has 2 N–H and O–H groups in total. The Bertz CT molecular complexity index is 1390. The van der Waals surface area contributed by atoms with Crippen molar-refractivity contribution in [1.82, 2.24) is 24.8 Å². The van der Waals surface area contributed by atoms with Crippen LogP contribution in [0.3, 0.4) is 0 Å². The molecule has 2 aromatic heterocycles. The van der Waals surface area contributed by atoms with Crippen LogP contribution < -0.4 is 10.6 Å². The van der Waals surface area contributed by atoms with Gasteiger partial charge in [0.05, 0.1) is 18.2 Å². The van der Waals surface area contributed by atoms with Crippen molar-refractivity contribution in [2.24, 2.45) is 0 Å². The van der Waals surface area contributed by atoms with Crippen LogP contribution in [0.15, 0.2) is 61.2 Å². The molecule has 2 aliphatic rings. The molecule has 1 atom stereocenters. The molecule has 1 unspecified atom stereocenters. The molecule has 2 aromatic carbocycles. The van der Waals surface area contributed by atoms with E-state index in [2.05, 4.69) is 31.8 Å². The lowest BCUT2D eigenvalue weighted by atomic mass is 9.91. The van der Waals surface area contributed by atoms with E-state index in [4.69, 9.17) is 0 Å². The van der Waals surface area contributed by atoms with Crippen LogP contribution in [0.5, 0.6) is 0 Å². The van der Waals surface area contributed by atoms with E-state index in [0.29, 0.717) is 29.5 Å². The number of halogens is 1. The molecule has 6 rings (SSSR count). The van der Waals surface area contributed by atoms with Gasteiger partial charge in [0, 0.05) is 41.2 Å². The van der Waals surface area contributed by atoms with E-state index < -0.39 is 5.82 Å². The van der Waals surface area contributed by atoms with Crippen molar-refractivity contribution in [3.63, 3.8) is 0 Å². The number of amides is 1. The van der Waals surface area contributed by atoms with Gasteiger partial charge in [-0.2, -0.15) is 0 Å². The topological polar surface area (TPSA) is 84.7 Å². The number of imidazole rings is 1. The Kier molecular flexibility index (Phi) is 4.86. The second kappa shape index (κ2) is 8.06. The highest BCUT2D eigenvalue weighted by molar-refractivity contribution is 5.97. The molecule has 1 fully saturated rings. The van der Waals surface area contributed by atoms with Gasteiger partial charge in [0.15, 0.2) is 17.5 Å². The quantitative estimate of drug-likeness (QED) is 0.446. The van der Waals surface area contributed by atoms with Crippen LogP contribution in [0.2, 0.25) is 0 Å². The molecule has 0 spiro atoms. The van der Waals surface area contributed by atoms with Gasteiger partial charge in [-0.3, -0.25) is 4.79 Å². The summed E-state index contributed by atoms with van der Waals surface area (Å²) in [5.41, 5.74) is 5.17. The fourth-order valence-electron chi connectivity index (χ4n) is 4.29. The average molecular weight is 455 g/mol. The van der Waals surface area contributed by atoms with Gasteiger partial charge in [0.25, 0.3) is 5.91 Å². The minimum atomic E-state index is -0.546. The van der Waals surface area contributed by atoms with Gasteiger partial charge in [0.2, 0.25) is 0 Å². The first-order valence-electron chi connectivity index (χ1n) is 11.4. The molecule has 1 aliphatic heterocycles. The van der Waals surface area contributed by atoms with E-state index in [9.17, 15) is 9.18 Å². The van der Waals surface area contributed by atoms with E-state index >= 15 is 0 Å². The molecule has 7 nitrogen and oxygen atoms in total. The summed E-state index contributed by atoms with van der Waals surface area (Å²) < 4.78 is 16.6. The van der Waals surface area contributed by atoms with Gasteiger partial charge in [-0.25, -0.2) is 19.3 Å². The molecular weight excluding hydrogens is 431 g/mol. The number of hydrogen-bond acceptors (Lipinski definition) is 5. The van der Waals surface area contributed by atoms with Crippen LogP contribution in [-0.2, 0) is 0 Å². The average Bonchev–Trinajstić information content (AvgIpc) is 3.59. The largest absolute Gasteiger partial charge is 0.351 e. The molecule has 0 bridgehead atoms. The smallest absolute Gasteiger partial charge is 0.251 e. The van der Waals surface area contributed by atoms with E-state index in [1.807, 2.05) is 48.1 Å². The number of nitrogens with zero attached hydrogens (tertiary/aromatic N) is 4. The maximum absolute atomic E-state index is 14.5. The SMILES string of the molecule is CC1CNC(=O)c2ccc(Nc3nc(-c4ccc(-n5cnc(C6CC6)c5)cc4)ncc3F)cc21. The third-order valence-corrected chi connectivity index (χ3v) is 6.42. The molecule has 0 radical (unpaired) electrons. The molecule has 34 heavy (non-hydrogen) atoms. The van der Waals surface area contributed by atoms with Crippen LogP contribution in [0, 0.1) is 5.82 Å². The van der Waals surface area contributed by atoms with Crippen molar-refractivity contribution in [1.29, 1.82) is 0 Å². The molecule has 3 heterocycles. The first-order valence-corrected chi connectivity index (χ1v) is 11.4.